The molecule has 3 aromatic rings. The van der Waals surface area contributed by atoms with Gasteiger partial charge in [0.1, 0.15) is 11.0 Å². The van der Waals surface area contributed by atoms with Gasteiger partial charge in [-0.1, -0.05) is 29.8 Å². The molecule has 0 aliphatic rings. The minimum atomic E-state index is -0.251. The van der Waals surface area contributed by atoms with Gasteiger partial charge in [0, 0.05) is 35.7 Å². The number of fused-ring (bicyclic) bond motifs is 1. The lowest BCUT2D eigenvalue weighted by molar-refractivity contribution is 0.275. The van der Waals surface area contributed by atoms with Crippen molar-refractivity contribution in [3.63, 3.8) is 0 Å². The average molecular weight is 532 g/mol. The van der Waals surface area contributed by atoms with E-state index in [1.54, 1.807) is 35.6 Å². The number of anilines is 1. The molecule has 2 heterocycles. The molecule has 154 valence electrons. The molecule has 0 amide bonds. The zero-order valence-corrected chi connectivity index (χ0v) is 19.4. The Hall–Kier alpha value is -0.670. The molecule has 0 fully saturated rings. The third-order valence-electron chi connectivity index (χ3n) is 3.99. The topological polar surface area (TPSA) is 71.2 Å². The Bertz CT molecular complexity index is 928. The molecule has 0 saturated carbocycles. The molecule has 0 radical (unpaired) electrons. The molecule has 1 atom stereocenters. The molecule has 1 aromatic carbocycles. The lowest BCUT2D eigenvalue weighted by Crippen LogP contribution is -2.23. The first-order valence-corrected chi connectivity index (χ1v) is 10.1. The van der Waals surface area contributed by atoms with Crippen molar-refractivity contribution in [3.8, 4) is 0 Å². The summed E-state index contributed by atoms with van der Waals surface area (Å²) in [6.07, 6.45) is 1.17. The first-order chi connectivity index (χ1) is 12.5. The zero-order valence-electron chi connectivity index (χ0n) is 14.6. The van der Waals surface area contributed by atoms with Gasteiger partial charge >= 0.3 is 0 Å². The number of rotatable bonds is 7. The van der Waals surface area contributed by atoms with Crippen LogP contribution in [0.4, 0.5) is 10.1 Å². The summed E-state index contributed by atoms with van der Waals surface area (Å²) in [4.78, 5) is 5.45. The van der Waals surface area contributed by atoms with Crippen molar-refractivity contribution in [2.45, 2.75) is 25.4 Å². The summed E-state index contributed by atoms with van der Waals surface area (Å²) in [5, 5.41) is 12.7. The molecule has 2 aromatic heterocycles. The number of nitrogens with two attached hydrogens (primary N) is 1. The van der Waals surface area contributed by atoms with E-state index in [4.69, 9.17) is 22.4 Å². The van der Waals surface area contributed by atoms with Crippen LogP contribution < -0.4 is 11.1 Å². The van der Waals surface area contributed by atoms with Gasteiger partial charge in [-0.2, -0.15) is 0 Å². The number of nitrogens with zero attached hydrogens (tertiary/aromatic N) is 1. The first kappa shape index (κ1) is 25.4. The SMILES string of the molecule is Cl.Cl.N[C@@H](CCO)Cc1sc2c(NCc3ccccc3F)cc(Cl)nc2c1Br. The molecule has 0 unspecified atom stereocenters. The van der Waals surface area contributed by atoms with Gasteiger partial charge in [-0.15, -0.1) is 36.2 Å². The lowest BCUT2D eigenvalue weighted by atomic mass is 10.1. The van der Waals surface area contributed by atoms with E-state index < -0.39 is 0 Å². The number of hydrogen-bond donors (Lipinski definition) is 3. The number of thiophene rings is 1. The number of nitrogens with one attached hydrogen (secondary N) is 1. The van der Waals surface area contributed by atoms with Crippen LogP contribution in [0.1, 0.15) is 16.9 Å². The monoisotopic (exact) mass is 529 g/mol. The fraction of sp³-hybridized carbons (Fsp3) is 0.278. The molecule has 0 aliphatic carbocycles. The van der Waals surface area contributed by atoms with E-state index in [-0.39, 0.29) is 43.3 Å². The predicted molar refractivity (Wildman–Crippen MR) is 124 cm³/mol. The third kappa shape index (κ3) is 5.92. The highest BCUT2D eigenvalue weighted by Crippen LogP contribution is 2.40. The zero-order chi connectivity index (χ0) is 18.7. The van der Waals surface area contributed by atoms with E-state index in [0.717, 1.165) is 25.3 Å². The number of aromatic nitrogens is 1. The molecule has 4 nitrogen and oxygen atoms in total. The van der Waals surface area contributed by atoms with Crippen LogP contribution in [0.25, 0.3) is 10.2 Å². The highest BCUT2D eigenvalue weighted by Gasteiger charge is 2.17. The molecule has 28 heavy (non-hydrogen) atoms. The van der Waals surface area contributed by atoms with Crippen molar-refractivity contribution < 1.29 is 9.50 Å². The maximum absolute atomic E-state index is 13.9. The van der Waals surface area contributed by atoms with E-state index >= 15 is 0 Å². The van der Waals surface area contributed by atoms with Crippen molar-refractivity contribution in [2.75, 3.05) is 11.9 Å². The highest BCUT2D eigenvalue weighted by atomic mass is 79.9. The van der Waals surface area contributed by atoms with Crippen molar-refractivity contribution in [3.05, 3.63) is 56.2 Å². The Morgan fingerprint density at radius 1 is 1.32 bits per heavy atom. The van der Waals surface area contributed by atoms with Crippen molar-refractivity contribution in [2.24, 2.45) is 5.73 Å². The van der Waals surface area contributed by atoms with Gasteiger partial charge in [0.25, 0.3) is 0 Å². The Morgan fingerprint density at radius 3 is 2.71 bits per heavy atom. The number of pyridine rings is 1. The van der Waals surface area contributed by atoms with Crippen molar-refractivity contribution in [1.82, 2.24) is 4.98 Å². The second-order valence-corrected chi connectivity index (χ2v) is 8.22. The van der Waals surface area contributed by atoms with Gasteiger partial charge in [0.2, 0.25) is 0 Å². The Balaban J connectivity index is 0.00000196. The summed E-state index contributed by atoms with van der Waals surface area (Å²) in [6.45, 7) is 0.403. The van der Waals surface area contributed by atoms with E-state index in [1.807, 2.05) is 0 Å². The number of benzene rings is 1. The molecule has 0 saturated heterocycles. The van der Waals surface area contributed by atoms with Crippen LogP contribution in [-0.2, 0) is 13.0 Å². The van der Waals surface area contributed by atoms with E-state index in [1.165, 1.54) is 6.07 Å². The number of aliphatic hydroxyl groups excluding tert-OH is 1. The van der Waals surface area contributed by atoms with Gasteiger partial charge in [-0.3, -0.25) is 0 Å². The molecule has 0 spiro atoms. The Kier molecular flexibility index (Phi) is 10.4. The second-order valence-electron chi connectivity index (χ2n) is 5.93. The lowest BCUT2D eigenvalue weighted by Gasteiger charge is -2.09. The second kappa shape index (κ2) is 11.5. The summed E-state index contributed by atoms with van der Waals surface area (Å²) < 4.78 is 15.6. The maximum Gasteiger partial charge on any atom is 0.131 e. The van der Waals surface area contributed by atoms with Gasteiger partial charge < -0.3 is 16.2 Å². The molecule has 4 N–H and O–H groups in total. The number of hydrogen-bond acceptors (Lipinski definition) is 5. The van der Waals surface area contributed by atoms with Crippen LogP contribution in [0.2, 0.25) is 5.15 Å². The summed E-state index contributed by atoms with van der Waals surface area (Å²) in [6, 6.07) is 8.26. The fourth-order valence-corrected chi connectivity index (χ4v) is 4.89. The van der Waals surface area contributed by atoms with E-state index in [0.29, 0.717) is 30.1 Å². The molecule has 0 bridgehead atoms. The Morgan fingerprint density at radius 2 is 2.04 bits per heavy atom. The standard InChI is InChI=1S/C18H18BrClFN3OS.2ClH/c19-16-14(7-11(22)5-6-25)26-18-13(8-15(20)24-17(16)18)23-9-10-3-1-2-4-12(10)21;;/h1-4,8,11,25H,5-7,9,22H2,(H,23,24);2*1H/t11-;;/m0../s1. The van der Waals surface area contributed by atoms with Crippen LogP contribution in [-0.4, -0.2) is 22.7 Å². The maximum atomic E-state index is 13.9. The van der Waals surface area contributed by atoms with Gasteiger partial charge in [0.15, 0.2) is 0 Å². The quantitative estimate of drug-likeness (QED) is 0.349. The van der Waals surface area contributed by atoms with Gasteiger partial charge in [-0.25, -0.2) is 9.37 Å². The molecular formula is C18H20BrCl3FN3OS. The molecule has 0 aliphatic heterocycles. The van der Waals surface area contributed by atoms with Crippen LogP contribution in [0.5, 0.6) is 0 Å². The Labute approximate surface area is 192 Å². The summed E-state index contributed by atoms with van der Waals surface area (Å²) in [5.41, 5.74) is 8.18. The van der Waals surface area contributed by atoms with Gasteiger partial charge in [-0.05, 0) is 34.8 Å². The van der Waals surface area contributed by atoms with Crippen molar-refractivity contribution in [1.29, 1.82) is 0 Å². The smallest absolute Gasteiger partial charge is 0.131 e. The third-order valence-corrected chi connectivity index (χ3v) is 6.54. The van der Waals surface area contributed by atoms with Crippen LogP contribution in [0.15, 0.2) is 34.8 Å². The van der Waals surface area contributed by atoms with Crippen LogP contribution >= 0.6 is 63.7 Å². The minimum absolute atomic E-state index is 0. The first-order valence-electron chi connectivity index (χ1n) is 8.10. The number of aliphatic hydroxyl groups is 1. The van der Waals surface area contributed by atoms with E-state index in [2.05, 4.69) is 26.2 Å². The van der Waals surface area contributed by atoms with E-state index in [9.17, 15) is 4.39 Å². The van der Waals surface area contributed by atoms with Crippen LogP contribution in [0, 0.1) is 5.82 Å². The summed E-state index contributed by atoms with van der Waals surface area (Å²) in [5.74, 6) is -0.251. The van der Waals surface area contributed by atoms with Gasteiger partial charge in [0.05, 0.1) is 20.4 Å². The van der Waals surface area contributed by atoms with Crippen molar-refractivity contribution >= 4 is 79.6 Å². The molecule has 3 rings (SSSR count). The molecule has 10 heteroatoms. The largest absolute Gasteiger partial charge is 0.396 e. The normalized spacial score (nSPS) is 11.6. The predicted octanol–water partition coefficient (Wildman–Crippen LogP) is 5.56. The summed E-state index contributed by atoms with van der Waals surface area (Å²) in [7, 11) is 0. The molecular weight excluding hydrogens is 512 g/mol. The highest BCUT2D eigenvalue weighted by molar-refractivity contribution is 9.10. The minimum Gasteiger partial charge on any atom is -0.396 e. The summed E-state index contributed by atoms with van der Waals surface area (Å²) >= 11 is 11.3. The fourth-order valence-electron chi connectivity index (χ4n) is 2.66. The number of halogens is 5. The average Bonchev–Trinajstić information content (AvgIpc) is 2.90. The van der Waals surface area contributed by atoms with Crippen LogP contribution in [0.3, 0.4) is 0 Å².